The van der Waals surface area contributed by atoms with Gasteiger partial charge in [-0.3, -0.25) is 9.59 Å². The van der Waals surface area contributed by atoms with Crippen LogP contribution in [0, 0.1) is 6.92 Å². The molecule has 1 N–H and O–H groups in total. The lowest BCUT2D eigenvalue weighted by Gasteiger charge is -2.34. The lowest BCUT2D eigenvalue weighted by atomic mass is 10.1. The molecule has 0 spiro atoms. The molecular weight excluding hydrogens is 470 g/mol. The zero-order chi connectivity index (χ0) is 21.9. The molecule has 2 aromatic carbocycles. The Morgan fingerprint density at radius 3 is 2.23 bits per heavy atom. The number of aryl methyl sites for hydroxylation is 1. The second kappa shape index (κ2) is 9.28. The molecule has 7 nitrogen and oxygen atoms in total. The molecule has 1 aliphatic rings. The second-order valence-corrected chi connectivity index (χ2v) is 10.0. The van der Waals surface area contributed by atoms with Crippen LogP contribution in [-0.4, -0.2) is 55.6 Å². The first kappa shape index (κ1) is 22.5. The molecule has 0 atom stereocenters. The topological polar surface area (TPSA) is 86.8 Å². The van der Waals surface area contributed by atoms with Crippen LogP contribution >= 0.6 is 15.9 Å². The number of sulfonamides is 1. The van der Waals surface area contributed by atoms with E-state index in [0.717, 1.165) is 15.6 Å². The summed E-state index contributed by atoms with van der Waals surface area (Å²) in [5.41, 5.74) is 2.38. The van der Waals surface area contributed by atoms with Crippen molar-refractivity contribution in [1.29, 1.82) is 0 Å². The molecule has 1 heterocycles. The lowest BCUT2D eigenvalue weighted by molar-refractivity contribution is -0.131. The number of hydrogen-bond donors (Lipinski definition) is 1. The van der Waals surface area contributed by atoms with Gasteiger partial charge in [0.1, 0.15) is 0 Å². The van der Waals surface area contributed by atoms with E-state index in [4.69, 9.17) is 0 Å². The second-order valence-electron chi connectivity index (χ2n) is 7.25. The van der Waals surface area contributed by atoms with E-state index in [9.17, 15) is 18.0 Å². The van der Waals surface area contributed by atoms with Gasteiger partial charge in [0.15, 0.2) is 0 Å². The molecule has 0 bridgehead atoms. The molecular formula is C21H24BrN3O4S. The average molecular weight is 494 g/mol. The van der Waals surface area contributed by atoms with Crippen LogP contribution in [0.15, 0.2) is 51.8 Å². The maximum absolute atomic E-state index is 12.9. The third-order valence-electron chi connectivity index (χ3n) is 4.99. The van der Waals surface area contributed by atoms with Gasteiger partial charge in [-0.05, 0) is 48.4 Å². The van der Waals surface area contributed by atoms with Gasteiger partial charge in [-0.25, -0.2) is 8.42 Å². The Balaban J connectivity index is 1.58. The van der Waals surface area contributed by atoms with Gasteiger partial charge in [-0.1, -0.05) is 28.1 Å². The van der Waals surface area contributed by atoms with Crippen LogP contribution in [0.3, 0.4) is 0 Å². The molecule has 1 fully saturated rings. The van der Waals surface area contributed by atoms with Crippen molar-refractivity contribution in [2.75, 3.05) is 31.5 Å². The van der Waals surface area contributed by atoms with Gasteiger partial charge in [-0.2, -0.15) is 4.31 Å². The molecule has 0 saturated carbocycles. The highest BCUT2D eigenvalue weighted by molar-refractivity contribution is 9.10. The zero-order valence-electron chi connectivity index (χ0n) is 16.9. The molecule has 2 aromatic rings. The van der Waals surface area contributed by atoms with E-state index in [0.29, 0.717) is 18.8 Å². The standard InChI is InChI=1S/C21H24BrN3O4S/c1-15-13-19(7-8-20(15)22)30(28,29)25-11-9-24(10-12-25)21(27)14-17-3-5-18(6-4-17)23-16(2)26/h3-8,13H,9-12,14H2,1-2H3,(H,23,26). The van der Waals surface area contributed by atoms with Gasteiger partial charge in [0.05, 0.1) is 11.3 Å². The number of halogens is 1. The third kappa shape index (κ3) is 5.27. The predicted octanol–water partition coefficient (Wildman–Crippen LogP) is 2.79. The van der Waals surface area contributed by atoms with Gasteiger partial charge in [0, 0.05) is 43.3 Å². The van der Waals surface area contributed by atoms with Crippen molar-refractivity contribution in [3.8, 4) is 0 Å². The summed E-state index contributed by atoms with van der Waals surface area (Å²) in [5, 5.41) is 2.69. The van der Waals surface area contributed by atoms with Gasteiger partial charge in [0.25, 0.3) is 0 Å². The Kier molecular flexibility index (Phi) is 6.95. The Labute approximate surface area is 185 Å². The van der Waals surface area contributed by atoms with Crippen molar-refractivity contribution >= 4 is 43.5 Å². The maximum Gasteiger partial charge on any atom is 0.243 e. The summed E-state index contributed by atoms with van der Waals surface area (Å²) < 4.78 is 28.1. The highest BCUT2D eigenvalue weighted by Gasteiger charge is 2.30. The molecule has 9 heteroatoms. The Morgan fingerprint density at radius 1 is 1.03 bits per heavy atom. The first-order valence-corrected chi connectivity index (χ1v) is 11.8. The summed E-state index contributed by atoms with van der Waals surface area (Å²) in [6.45, 7) is 4.54. The molecule has 30 heavy (non-hydrogen) atoms. The normalized spacial score (nSPS) is 15.1. The number of hydrogen-bond acceptors (Lipinski definition) is 4. The van der Waals surface area contributed by atoms with Crippen molar-refractivity contribution in [3.63, 3.8) is 0 Å². The number of nitrogens with zero attached hydrogens (tertiary/aromatic N) is 2. The summed E-state index contributed by atoms with van der Waals surface area (Å²) >= 11 is 3.39. The minimum Gasteiger partial charge on any atom is -0.340 e. The fourth-order valence-electron chi connectivity index (χ4n) is 3.30. The number of carbonyl (C=O) groups excluding carboxylic acids is 2. The van der Waals surface area contributed by atoms with E-state index in [-0.39, 0.29) is 36.2 Å². The Bertz CT molecular complexity index is 1050. The Morgan fingerprint density at radius 2 is 1.67 bits per heavy atom. The molecule has 0 aliphatic carbocycles. The summed E-state index contributed by atoms with van der Waals surface area (Å²) in [5.74, 6) is -0.191. The zero-order valence-corrected chi connectivity index (χ0v) is 19.3. The van der Waals surface area contributed by atoms with Crippen molar-refractivity contribution in [1.82, 2.24) is 9.21 Å². The van der Waals surface area contributed by atoms with Gasteiger partial charge in [-0.15, -0.1) is 0 Å². The van der Waals surface area contributed by atoms with E-state index in [1.807, 2.05) is 6.92 Å². The minimum atomic E-state index is -3.58. The van der Waals surface area contributed by atoms with E-state index in [1.165, 1.54) is 11.2 Å². The largest absolute Gasteiger partial charge is 0.340 e. The summed E-state index contributed by atoms with van der Waals surface area (Å²) in [6, 6.07) is 12.1. The van der Waals surface area contributed by atoms with E-state index in [1.54, 1.807) is 47.4 Å². The van der Waals surface area contributed by atoms with E-state index >= 15 is 0 Å². The van der Waals surface area contributed by atoms with Gasteiger partial charge in [0.2, 0.25) is 21.8 Å². The predicted molar refractivity (Wildman–Crippen MR) is 119 cm³/mol. The van der Waals surface area contributed by atoms with Crippen LogP contribution in [0.25, 0.3) is 0 Å². The van der Waals surface area contributed by atoms with E-state index < -0.39 is 10.0 Å². The van der Waals surface area contributed by atoms with Crippen LogP contribution in [-0.2, 0) is 26.0 Å². The Hall–Kier alpha value is -2.23. The summed E-state index contributed by atoms with van der Waals surface area (Å²) in [6.07, 6.45) is 0.235. The van der Waals surface area contributed by atoms with Gasteiger partial charge >= 0.3 is 0 Å². The molecule has 0 radical (unpaired) electrons. The van der Waals surface area contributed by atoms with Crippen LogP contribution < -0.4 is 5.32 Å². The molecule has 160 valence electrons. The molecule has 1 aliphatic heterocycles. The molecule has 1 saturated heterocycles. The number of anilines is 1. The van der Waals surface area contributed by atoms with Crippen molar-refractivity contribution in [3.05, 3.63) is 58.1 Å². The van der Waals surface area contributed by atoms with E-state index in [2.05, 4.69) is 21.2 Å². The van der Waals surface area contributed by atoms with Crippen LogP contribution in [0.2, 0.25) is 0 Å². The van der Waals surface area contributed by atoms with Crippen LogP contribution in [0.4, 0.5) is 5.69 Å². The monoisotopic (exact) mass is 493 g/mol. The number of benzene rings is 2. The highest BCUT2D eigenvalue weighted by Crippen LogP contribution is 2.23. The fourth-order valence-corrected chi connectivity index (χ4v) is 5.05. The summed E-state index contributed by atoms with van der Waals surface area (Å²) in [7, 11) is -3.58. The number of nitrogens with one attached hydrogen (secondary N) is 1. The number of amides is 2. The van der Waals surface area contributed by atoms with Crippen molar-refractivity contribution in [2.24, 2.45) is 0 Å². The number of piperazine rings is 1. The third-order valence-corrected chi connectivity index (χ3v) is 7.77. The first-order chi connectivity index (χ1) is 14.2. The molecule has 3 rings (SSSR count). The first-order valence-electron chi connectivity index (χ1n) is 9.57. The maximum atomic E-state index is 12.9. The van der Waals surface area contributed by atoms with Crippen molar-refractivity contribution < 1.29 is 18.0 Å². The molecule has 0 unspecified atom stereocenters. The smallest absolute Gasteiger partial charge is 0.243 e. The fraction of sp³-hybridized carbons (Fsp3) is 0.333. The van der Waals surface area contributed by atoms with Crippen LogP contribution in [0.1, 0.15) is 18.1 Å². The molecule has 2 amide bonds. The number of carbonyl (C=O) groups is 2. The SMILES string of the molecule is CC(=O)Nc1ccc(CC(=O)N2CCN(S(=O)(=O)c3ccc(Br)c(C)c3)CC2)cc1. The minimum absolute atomic E-state index is 0.0428. The van der Waals surface area contributed by atoms with Crippen LogP contribution in [0.5, 0.6) is 0 Å². The summed E-state index contributed by atoms with van der Waals surface area (Å²) in [4.78, 5) is 25.7. The molecule has 0 aromatic heterocycles. The van der Waals surface area contributed by atoms with Gasteiger partial charge < -0.3 is 10.2 Å². The quantitative estimate of drug-likeness (QED) is 0.693. The highest BCUT2D eigenvalue weighted by atomic mass is 79.9. The van der Waals surface area contributed by atoms with Crippen molar-refractivity contribution in [2.45, 2.75) is 25.2 Å². The average Bonchev–Trinajstić information content (AvgIpc) is 2.71. The lowest BCUT2D eigenvalue weighted by Crippen LogP contribution is -2.50. The number of rotatable bonds is 5.